The summed E-state index contributed by atoms with van der Waals surface area (Å²) in [6.45, 7) is 3.70. The molecule has 3 aromatic rings. The van der Waals surface area contributed by atoms with E-state index in [2.05, 4.69) is 14.9 Å². The lowest BCUT2D eigenvalue weighted by Gasteiger charge is -2.31. The van der Waals surface area contributed by atoms with Crippen LogP contribution in [-0.4, -0.2) is 47.7 Å². The van der Waals surface area contributed by atoms with Crippen LogP contribution in [0.2, 0.25) is 0 Å². The molecule has 9 heteroatoms. The van der Waals surface area contributed by atoms with Gasteiger partial charge < -0.3 is 14.8 Å². The van der Waals surface area contributed by atoms with Gasteiger partial charge in [-0.1, -0.05) is 13.0 Å². The van der Waals surface area contributed by atoms with Crippen molar-refractivity contribution in [3.8, 4) is 16.9 Å². The van der Waals surface area contributed by atoms with Gasteiger partial charge in [-0.2, -0.15) is 0 Å². The van der Waals surface area contributed by atoms with Crippen LogP contribution in [0.5, 0.6) is 5.75 Å². The summed E-state index contributed by atoms with van der Waals surface area (Å²) in [7, 11) is 1.28. The number of halogens is 3. The number of hydrogen-bond donors (Lipinski definition) is 0. The van der Waals surface area contributed by atoms with E-state index in [-0.39, 0.29) is 23.7 Å². The monoisotopic (exact) mass is 484 g/mol. The molecule has 0 radical (unpaired) electrons. The Morgan fingerprint density at radius 2 is 1.71 bits per heavy atom. The van der Waals surface area contributed by atoms with Gasteiger partial charge in [0.15, 0.2) is 23.6 Å². The zero-order valence-corrected chi connectivity index (χ0v) is 19.7. The summed E-state index contributed by atoms with van der Waals surface area (Å²) in [5, 5.41) is 11.1. The lowest BCUT2D eigenvalue weighted by Crippen LogP contribution is -2.36. The first kappa shape index (κ1) is 24.5. The quantitative estimate of drug-likeness (QED) is 0.205. The Kier molecular flexibility index (Phi) is 7.53. The minimum Gasteiger partial charge on any atom is -0.624 e. The normalized spacial score (nSPS) is 14.9. The van der Waals surface area contributed by atoms with Gasteiger partial charge in [0.1, 0.15) is 12.9 Å². The maximum atomic E-state index is 14.7. The predicted molar refractivity (Wildman–Crippen MR) is 128 cm³/mol. The van der Waals surface area contributed by atoms with Crippen LogP contribution in [0.4, 0.5) is 19.1 Å². The number of nitrogens with zero attached hydrogens (tertiary/aromatic N) is 4. The third kappa shape index (κ3) is 5.90. The van der Waals surface area contributed by atoms with Gasteiger partial charge in [0, 0.05) is 36.6 Å². The molecule has 0 bridgehead atoms. The van der Waals surface area contributed by atoms with Crippen molar-refractivity contribution in [2.24, 2.45) is 5.92 Å². The highest BCUT2D eigenvalue weighted by Gasteiger charge is 2.23. The Balaban J connectivity index is 1.38. The van der Waals surface area contributed by atoms with Gasteiger partial charge in [-0.3, -0.25) is 0 Å². The number of rotatable bonds is 7. The summed E-state index contributed by atoms with van der Waals surface area (Å²) < 4.78 is 50.0. The Morgan fingerprint density at radius 3 is 2.29 bits per heavy atom. The Morgan fingerprint density at radius 1 is 1.06 bits per heavy atom. The first-order valence-corrected chi connectivity index (χ1v) is 11.6. The Labute approximate surface area is 202 Å². The molecule has 35 heavy (non-hydrogen) atoms. The number of aryl methyl sites for hydroxylation is 1. The van der Waals surface area contributed by atoms with Crippen molar-refractivity contribution in [2.45, 2.75) is 26.2 Å². The summed E-state index contributed by atoms with van der Waals surface area (Å²) in [6, 6.07) is 6.13. The number of aromatic nitrogens is 2. The van der Waals surface area contributed by atoms with Crippen molar-refractivity contribution in [1.82, 2.24) is 9.97 Å². The highest BCUT2D eigenvalue weighted by molar-refractivity contribution is 5.78. The smallest absolute Gasteiger partial charge is 0.225 e. The van der Waals surface area contributed by atoms with E-state index >= 15 is 0 Å². The number of benzene rings is 2. The van der Waals surface area contributed by atoms with Crippen molar-refractivity contribution < 1.29 is 22.6 Å². The second-order valence-corrected chi connectivity index (χ2v) is 8.67. The zero-order chi connectivity index (χ0) is 24.9. The number of anilines is 1. The molecule has 0 amide bonds. The molecule has 0 spiro atoms. The van der Waals surface area contributed by atoms with E-state index < -0.39 is 23.2 Å². The van der Waals surface area contributed by atoms with Gasteiger partial charge in [-0.25, -0.2) is 27.9 Å². The van der Waals surface area contributed by atoms with Crippen LogP contribution in [0, 0.1) is 28.6 Å². The fraction of sp³-hybridized carbons (Fsp3) is 0.346. The van der Waals surface area contributed by atoms with Crippen LogP contribution < -0.4 is 9.64 Å². The molecule has 2 aromatic carbocycles. The average molecular weight is 485 g/mol. The van der Waals surface area contributed by atoms with E-state index in [1.54, 1.807) is 0 Å². The average Bonchev–Trinajstić information content (AvgIpc) is 2.83. The van der Waals surface area contributed by atoms with E-state index in [1.807, 2.05) is 19.3 Å². The minimum atomic E-state index is -0.892. The molecular weight excluding hydrogens is 457 g/mol. The van der Waals surface area contributed by atoms with Crippen LogP contribution >= 0.6 is 0 Å². The molecule has 0 unspecified atom stereocenters. The zero-order valence-electron chi connectivity index (χ0n) is 19.7. The topological polar surface area (TPSA) is 64.3 Å². The highest BCUT2D eigenvalue weighted by Crippen LogP contribution is 2.31. The summed E-state index contributed by atoms with van der Waals surface area (Å²) in [5.41, 5.74) is 1.51. The third-order valence-electron chi connectivity index (χ3n) is 6.09. The molecule has 0 N–H and O–H groups in total. The fourth-order valence-corrected chi connectivity index (χ4v) is 4.10. The van der Waals surface area contributed by atoms with Crippen LogP contribution in [0.25, 0.3) is 11.1 Å². The number of hydrogen-bond acceptors (Lipinski definition) is 5. The van der Waals surface area contributed by atoms with Crippen LogP contribution in [-0.2, 0) is 6.42 Å². The third-order valence-corrected chi connectivity index (χ3v) is 6.09. The summed E-state index contributed by atoms with van der Waals surface area (Å²) in [4.78, 5) is 10.9. The number of hydroxylamine groups is 1. The molecule has 1 fully saturated rings. The van der Waals surface area contributed by atoms with Gasteiger partial charge in [0.05, 0.1) is 6.61 Å². The lowest BCUT2D eigenvalue weighted by atomic mass is 9.98. The summed E-state index contributed by atoms with van der Waals surface area (Å²) >= 11 is 0. The Bertz CT molecular complexity index is 1180. The van der Waals surface area contributed by atoms with Crippen molar-refractivity contribution in [3.63, 3.8) is 0 Å². The van der Waals surface area contributed by atoms with Gasteiger partial charge >= 0.3 is 0 Å². The van der Waals surface area contributed by atoms with E-state index in [0.29, 0.717) is 16.3 Å². The number of piperidine rings is 1. The second-order valence-electron chi connectivity index (χ2n) is 8.67. The lowest BCUT2D eigenvalue weighted by molar-refractivity contribution is -0.416. The van der Waals surface area contributed by atoms with Crippen molar-refractivity contribution in [2.75, 3.05) is 31.6 Å². The molecule has 6 nitrogen and oxygen atoms in total. The second kappa shape index (κ2) is 10.8. The maximum absolute atomic E-state index is 14.7. The van der Waals surface area contributed by atoms with Crippen molar-refractivity contribution >= 4 is 12.2 Å². The first-order valence-electron chi connectivity index (χ1n) is 11.6. The molecular formula is C26H27F3N4O2. The molecule has 184 valence electrons. The molecule has 1 saturated heterocycles. The van der Waals surface area contributed by atoms with Gasteiger partial charge in [0.2, 0.25) is 5.95 Å². The number of ether oxygens (including phenoxy) is 1. The molecule has 0 saturated carbocycles. The van der Waals surface area contributed by atoms with E-state index in [0.717, 1.165) is 56.1 Å². The molecule has 2 heterocycles. The van der Waals surface area contributed by atoms with Gasteiger partial charge in [0.25, 0.3) is 0 Å². The summed E-state index contributed by atoms with van der Waals surface area (Å²) in [5.74, 6) is -2.11. The van der Waals surface area contributed by atoms with Crippen LogP contribution in [0.15, 0.2) is 42.7 Å². The van der Waals surface area contributed by atoms with Crippen LogP contribution in [0.1, 0.15) is 30.9 Å². The highest BCUT2D eigenvalue weighted by atomic mass is 19.1. The molecule has 0 aliphatic carbocycles. The van der Waals surface area contributed by atoms with Crippen LogP contribution in [0.3, 0.4) is 0 Å². The van der Waals surface area contributed by atoms with Crippen molar-refractivity contribution in [1.29, 1.82) is 0 Å². The van der Waals surface area contributed by atoms with Gasteiger partial charge in [-0.15, -0.1) is 0 Å². The van der Waals surface area contributed by atoms with E-state index in [9.17, 15) is 18.4 Å². The predicted octanol–water partition coefficient (Wildman–Crippen LogP) is 4.98. The standard InChI is InChI=1S/C26H27F3N4O2/c1-3-17-13-30-26(31-14-17)33-8-6-18(7-9-33)16-35-25-23(28)11-20(12-24(25)29)21-5-4-19(10-22(21)27)15-32(2)34/h4-5,10-15,18H,3,6-9,16H2,1-2H3/b32-15-. The molecule has 4 rings (SSSR count). The SMILES string of the molecule is CCc1cnc(N2CCC(COc3c(F)cc(-c4ccc(/C=[N+](/C)[O-])cc4F)cc3F)CC2)nc1. The maximum Gasteiger partial charge on any atom is 0.225 e. The van der Waals surface area contributed by atoms with Gasteiger partial charge in [-0.05, 0) is 60.6 Å². The first-order chi connectivity index (χ1) is 16.8. The van der Waals surface area contributed by atoms with E-state index in [4.69, 9.17) is 4.74 Å². The largest absolute Gasteiger partial charge is 0.624 e. The molecule has 1 aromatic heterocycles. The summed E-state index contributed by atoms with van der Waals surface area (Å²) in [6.07, 6.45) is 7.31. The minimum absolute atomic E-state index is 0.0293. The molecule has 1 aliphatic rings. The molecule has 0 atom stereocenters. The Hall–Kier alpha value is -3.62. The van der Waals surface area contributed by atoms with E-state index in [1.165, 1.54) is 25.4 Å². The molecule has 1 aliphatic heterocycles. The fourth-order valence-electron chi connectivity index (χ4n) is 4.10. The van der Waals surface area contributed by atoms with Crippen molar-refractivity contribution in [3.05, 3.63) is 76.5 Å².